The van der Waals surface area contributed by atoms with E-state index in [1.54, 1.807) is 37.4 Å². The number of carbonyl (C=O) groups excluding carboxylic acids is 2. The first-order valence-electron chi connectivity index (χ1n) is 11.0. The molecule has 2 N–H and O–H groups in total. The summed E-state index contributed by atoms with van der Waals surface area (Å²) in [5.74, 6) is 0.727. The zero-order valence-electron chi connectivity index (χ0n) is 20.1. The normalized spacial score (nSPS) is 11.2. The second-order valence-corrected chi connectivity index (χ2v) is 8.94. The Bertz CT molecular complexity index is 1230. The van der Waals surface area contributed by atoms with Crippen molar-refractivity contribution in [3.05, 3.63) is 52.6 Å². The van der Waals surface area contributed by atoms with E-state index in [9.17, 15) is 9.59 Å². The van der Waals surface area contributed by atoms with Gasteiger partial charge in [0, 0.05) is 23.5 Å². The van der Waals surface area contributed by atoms with Crippen LogP contribution in [0.4, 0.5) is 10.5 Å². The third-order valence-corrected chi connectivity index (χ3v) is 5.01. The van der Waals surface area contributed by atoms with Crippen molar-refractivity contribution in [3.63, 3.8) is 0 Å². The maximum absolute atomic E-state index is 12.5. The quantitative estimate of drug-likeness (QED) is 0.548. The molecule has 2 heterocycles. The average molecular weight is 464 g/mol. The average Bonchev–Trinajstić information content (AvgIpc) is 3.15. The maximum atomic E-state index is 12.5. The highest BCUT2D eigenvalue weighted by Crippen LogP contribution is 2.17. The van der Waals surface area contributed by atoms with Crippen LogP contribution in [-0.4, -0.2) is 37.2 Å². The first kappa shape index (κ1) is 24.6. The number of fused-ring (bicyclic) bond motifs is 1. The molecule has 2 amide bonds. The summed E-state index contributed by atoms with van der Waals surface area (Å²) in [5.41, 5.74) is 3.54. The lowest BCUT2D eigenvalue weighted by Gasteiger charge is -2.19. The summed E-state index contributed by atoms with van der Waals surface area (Å²) in [4.78, 5) is 33.3. The van der Waals surface area contributed by atoms with Crippen molar-refractivity contribution in [1.82, 2.24) is 24.9 Å². The standard InChI is InChI=1S/C24H29N7O3/c1-15-19(10-11-21(32)28-18-8-6-17(7-9-18)12-13-25)16(2)31-22(27-15)29-20(30-31)14-26-23(33)34-24(3,4)5/h6-9H,10-12,14H2,1-5H3,(H,26,33)(H,28,32). The van der Waals surface area contributed by atoms with Crippen LogP contribution in [0.2, 0.25) is 0 Å². The van der Waals surface area contributed by atoms with Gasteiger partial charge in [0.25, 0.3) is 5.78 Å². The number of carbonyl (C=O) groups is 2. The maximum Gasteiger partial charge on any atom is 0.408 e. The van der Waals surface area contributed by atoms with Crippen LogP contribution in [0.1, 0.15) is 55.5 Å². The molecule has 0 atom stereocenters. The molecule has 178 valence electrons. The van der Waals surface area contributed by atoms with Crippen molar-refractivity contribution >= 4 is 23.5 Å². The van der Waals surface area contributed by atoms with Gasteiger partial charge in [0.05, 0.1) is 19.0 Å². The first-order chi connectivity index (χ1) is 16.1. The molecule has 0 fully saturated rings. The van der Waals surface area contributed by atoms with E-state index >= 15 is 0 Å². The molecule has 10 heteroatoms. The molecule has 0 saturated carbocycles. The highest BCUT2D eigenvalue weighted by Gasteiger charge is 2.18. The topological polar surface area (TPSA) is 134 Å². The molecule has 0 radical (unpaired) electrons. The van der Waals surface area contributed by atoms with E-state index in [1.165, 1.54) is 0 Å². The number of aromatic nitrogens is 4. The third kappa shape index (κ3) is 6.51. The molecule has 34 heavy (non-hydrogen) atoms. The number of benzene rings is 1. The summed E-state index contributed by atoms with van der Waals surface area (Å²) in [6, 6.07) is 9.32. The largest absolute Gasteiger partial charge is 0.444 e. The molecular formula is C24H29N7O3. The molecule has 0 aliphatic rings. The van der Waals surface area contributed by atoms with Gasteiger partial charge in [-0.2, -0.15) is 10.2 Å². The van der Waals surface area contributed by atoms with E-state index in [-0.39, 0.29) is 18.9 Å². The number of alkyl carbamates (subject to hydrolysis) is 1. The van der Waals surface area contributed by atoms with E-state index < -0.39 is 11.7 Å². The second-order valence-electron chi connectivity index (χ2n) is 8.94. The Hall–Kier alpha value is -4.00. The number of anilines is 1. The molecule has 1 aromatic carbocycles. The van der Waals surface area contributed by atoms with Gasteiger partial charge in [-0.15, -0.1) is 5.10 Å². The number of nitriles is 1. The number of nitrogens with one attached hydrogen (secondary N) is 2. The third-order valence-electron chi connectivity index (χ3n) is 5.01. The van der Waals surface area contributed by atoms with E-state index in [1.807, 2.05) is 26.0 Å². The van der Waals surface area contributed by atoms with Crippen molar-refractivity contribution < 1.29 is 14.3 Å². The smallest absolute Gasteiger partial charge is 0.408 e. The predicted molar refractivity (Wildman–Crippen MR) is 126 cm³/mol. The Labute approximate surface area is 198 Å². The Balaban J connectivity index is 1.64. The van der Waals surface area contributed by atoms with Crippen LogP contribution in [0.3, 0.4) is 0 Å². The Morgan fingerprint density at radius 1 is 1.15 bits per heavy atom. The lowest BCUT2D eigenvalue weighted by Crippen LogP contribution is -2.32. The Morgan fingerprint density at radius 3 is 2.50 bits per heavy atom. The number of rotatable bonds is 7. The fourth-order valence-electron chi connectivity index (χ4n) is 3.41. The summed E-state index contributed by atoms with van der Waals surface area (Å²) in [7, 11) is 0. The highest BCUT2D eigenvalue weighted by atomic mass is 16.6. The van der Waals surface area contributed by atoms with Crippen LogP contribution in [0, 0.1) is 25.2 Å². The summed E-state index contributed by atoms with van der Waals surface area (Å²) < 4.78 is 6.86. The van der Waals surface area contributed by atoms with Crippen molar-refractivity contribution in [2.45, 2.75) is 66.0 Å². The van der Waals surface area contributed by atoms with Gasteiger partial charge in [-0.3, -0.25) is 4.79 Å². The number of amides is 2. The van der Waals surface area contributed by atoms with Crippen LogP contribution < -0.4 is 10.6 Å². The highest BCUT2D eigenvalue weighted by molar-refractivity contribution is 5.90. The lowest BCUT2D eigenvalue weighted by atomic mass is 10.1. The van der Waals surface area contributed by atoms with Crippen molar-refractivity contribution in [1.29, 1.82) is 5.26 Å². The van der Waals surface area contributed by atoms with Crippen molar-refractivity contribution in [3.8, 4) is 6.07 Å². The number of hydrogen-bond donors (Lipinski definition) is 2. The summed E-state index contributed by atoms with van der Waals surface area (Å²) >= 11 is 0. The molecule has 3 aromatic rings. The number of hydrogen-bond acceptors (Lipinski definition) is 7. The van der Waals surface area contributed by atoms with Crippen LogP contribution in [0.5, 0.6) is 0 Å². The van der Waals surface area contributed by atoms with E-state index in [4.69, 9.17) is 10.00 Å². The van der Waals surface area contributed by atoms with Crippen LogP contribution in [0.15, 0.2) is 24.3 Å². The van der Waals surface area contributed by atoms with Gasteiger partial charge < -0.3 is 15.4 Å². The van der Waals surface area contributed by atoms with Crippen molar-refractivity contribution in [2.75, 3.05) is 5.32 Å². The monoisotopic (exact) mass is 463 g/mol. The Kier molecular flexibility index (Phi) is 7.46. The van der Waals surface area contributed by atoms with E-state index in [2.05, 4.69) is 31.8 Å². The van der Waals surface area contributed by atoms with Crippen LogP contribution >= 0.6 is 0 Å². The minimum atomic E-state index is -0.590. The number of nitrogens with zero attached hydrogens (tertiary/aromatic N) is 5. The SMILES string of the molecule is Cc1nc2nc(CNC(=O)OC(C)(C)C)nn2c(C)c1CCC(=O)Nc1ccc(CC#N)cc1. The summed E-state index contributed by atoms with van der Waals surface area (Å²) in [6.07, 6.45) is 0.558. The second kappa shape index (κ2) is 10.3. The first-order valence-corrected chi connectivity index (χ1v) is 11.0. The summed E-state index contributed by atoms with van der Waals surface area (Å²) in [6.45, 7) is 9.27. The van der Waals surface area contributed by atoms with Gasteiger partial charge in [0.1, 0.15) is 5.60 Å². The molecule has 0 aliphatic carbocycles. The van der Waals surface area contributed by atoms with Crippen LogP contribution in [-0.2, 0) is 28.9 Å². The van der Waals surface area contributed by atoms with Crippen LogP contribution in [0.25, 0.3) is 5.78 Å². The van der Waals surface area contributed by atoms with E-state index in [0.29, 0.717) is 30.1 Å². The summed E-state index contributed by atoms with van der Waals surface area (Å²) in [5, 5.41) is 18.7. The molecular weight excluding hydrogens is 434 g/mol. The number of ether oxygens (including phenoxy) is 1. The van der Waals surface area contributed by atoms with Gasteiger partial charge in [-0.25, -0.2) is 14.3 Å². The molecule has 0 spiro atoms. The number of aryl methyl sites for hydroxylation is 2. The fraction of sp³-hybridized carbons (Fsp3) is 0.417. The molecule has 2 aromatic heterocycles. The minimum absolute atomic E-state index is 0.113. The predicted octanol–water partition coefficient (Wildman–Crippen LogP) is 3.40. The molecule has 0 unspecified atom stereocenters. The molecule has 3 rings (SSSR count). The Morgan fingerprint density at radius 2 is 1.85 bits per heavy atom. The van der Waals surface area contributed by atoms with Gasteiger partial charge in [-0.1, -0.05) is 12.1 Å². The lowest BCUT2D eigenvalue weighted by molar-refractivity contribution is -0.116. The molecule has 0 bridgehead atoms. The van der Waals surface area contributed by atoms with Gasteiger partial charge in [0.15, 0.2) is 5.82 Å². The molecule has 0 saturated heterocycles. The zero-order valence-corrected chi connectivity index (χ0v) is 20.1. The fourth-order valence-corrected chi connectivity index (χ4v) is 3.41. The molecule has 0 aliphatic heterocycles. The zero-order chi connectivity index (χ0) is 24.9. The van der Waals surface area contributed by atoms with Crippen molar-refractivity contribution in [2.24, 2.45) is 0 Å². The van der Waals surface area contributed by atoms with Gasteiger partial charge in [0.2, 0.25) is 5.91 Å². The molecule has 10 nitrogen and oxygen atoms in total. The van der Waals surface area contributed by atoms with Gasteiger partial charge >= 0.3 is 6.09 Å². The minimum Gasteiger partial charge on any atom is -0.444 e. The van der Waals surface area contributed by atoms with Gasteiger partial charge in [-0.05, 0) is 64.3 Å². The van der Waals surface area contributed by atoms with E-state index in [0.717, 1.165) is 22.5 Å².